The van der Waals surface area contributed by atoms with Crippen LogP contribution in [0.15, 0.2) is 0 Å². The topological polar surface area (TPSA) is 111 Å². The van der Waals surface area contributed by atoms with Gasteiger partial charge in [-0.1, -0.05) is 151 Å². The van der Waals surface area contributed by atoms with E-state index in [1.54, 1.807) is 68.3 Å². The van der Waals surface area contributed by atoms with Crippen molar-refractivity contribution < 1.29 is 54.3 Å². The quantitative estimate of drug-likeness (QED) is 0.130. The Hall–Kier alpha value is 4.74. The predicted molar refractivity (Wildman–Crippen MR) is 334 cm³/mol. The molecular formula is C42H72O12P6S12. The van der Waals surface area contributed by atoms with Gasteiger partial charge < -0.3 is 54.3 Å². The van der Waals surface area contributed by atoms with Crippen molar-refractivity contribution in [1.82, 2.24) is 0 Å². The van der Waals surface area contributed by atoms with E-state index in [4.69, 9.17) is 125 Å². The molecule has 6 aliphatic rings. The van der Waals surface area contributed by atoms with Crippen molar-refractivity contribution in [3.05, 3.63) is 33.4 Å². The first-order valence-corrected chi connectivity index (χ1v) is 48.8. The van der Waals surface area contributed by atoms with Crippen LogP contribution in [0, 0.1) is 32.5 Å². The van der Waals surface area contributed by atoms with Crippen LogP contribution in [-0.2, 0) is 160 Å². The van der Waals surface area contributed by atoms with E-state index in [9.17, 15) is 0 Å². The van der Waals surface area contributed by atoms with Crippen LogP contribution in [0.5, 0.6) is 0 Å². The number of rotatable bonds is 18. The van der Waals surface area contributed by atoms with E-state index in [2.05, 4.69) is 83.1 Å². The molecule has 72 heavy (non-hydrogen) atoms. The predicted octanol–water partition coefficient (Wildman–Crippen LogP) is 16.9. The molecule has 0 radical (unpaired) electrons. The van der Waals surface area contributed by atoms with Crippen LogP contribution in [0.25, 0.3) is 0 Å². The van der Waals surface area contributed by atoms with E-state index in [0.29, 0.717) is 114 Å². The summed E-state index contributed by atoms with van der Waals surface area (Å²) >= 11 is 47.2. The molecule has 6 aliphatic heterocycles. The molecule has 0 aromatic heterocycles. The highest BCUT2D eigenvalue weighted by Gasteiger charge is 2.42. The Balaban J connectivity index is 1.43. The molecule has 6 saturated heterocycles. The normalized spacial score (nSPS) is 28.2. The fraction of sp³-hybridized carbons (Fsp3) is 0.857. The highest BCUT2D eigenvalue weighted by molar-refractivity contribution is 8.69. The molecule has 0 amide bonds. The average molecular weight is 1340 g/mol. The second kappa shape index (κ2) is 24.8. The van der Waals surface area contributed by atoms with Crippen molar-refractivity contribution in [2.24, 2.45) is 32.5 Å². The molecule has 0 saturated carbocycles. The summed E-state index contributed by atoms with van der Waals surface area (Å²) in [5, 5.41) is 0. The van der Waals surface area contributed by atoms with Gasteiger partial charge in [-0.15, -0.1) is 0 Å². The number of hydrogen-bond donors (Lipinski definition) is 0. The number of benzene rings is 1. The second-order valence-electron chi connectivity index (χ2n) is 23.5. The van der Waals surface area contributed by atoms with Gasteiger partial charge in [0.25, 0.3) is 0 Å². The maximum atomic E-state index is 6.51. The van der Waals surface area contributed by atoms with Crippen LogP contribution in [0.4, 0.5) is 0 Å². The molecule has 0 unspecified atom stereocenters. The first kappa shape index (κ1) is 64.3. The summed E-state index contributed by atoms with van der Waals surface area (Å²) in [6.45, 7) is 31.6. The largest absolute Gasteiger partial charge is 0.321 e. The average Bonchev–Trinajstić information content (AvgIpc) is 3.30. The van der Waals surface area contributed by atoms with Crippen LogP contribution in [-0.4, -0.2) is 79.3 Å². The lowest BCUT2D eigenvalue weighted by molar-refractivity contribution is 0.0671. The monoisotopic (exact) mass is 1340 g/mol. The van der Waals surface area contributed by atoms with Crippen molar-refractivity contribution in [1.29, 1.82) is 0 Å². The molecule has 1 aromatic rings. The zero-order valence-corrected chi connectivity index (χ0v) is 58.4. The molecule has 0 aliphatic carbocycles. The fourth-order valence-electron chi connectivity index (χ4n) is 6.97. The van der Waals surface area contributed by atoms with Gasteiger partial charge >= 0.3 is 0 Å². The van der Waals surface area contributed by atoms with E-state index in [-0.39, 0.29) is 32.5 Å². The van der Waals surface area contributed by atoms with E-state index in [1.807, 2.05) is 0 Å². The van der Waals surface area contributed by atoms with Crippen LogP contribution in [0.2, 0.25) is 0 Å². The smallest absolute Gasteiger partial charge is 0.247 e. The van der Waals surface area contributed by atoms with Gasteiger partial charge in [-0.3, -0.25) is 0 Å². The lowest BCUT2D eigenvalue weighted by Crippen LogP contribution is -2.29. The molecule has 0 bridgehead atoms. The Labute approximate surface area is 485 Å². The summed E-state index contributed by atoms with van der Waals surface area (Å²) in [5.74, 6) is 2.78. The molecule has 12 nitrogen and oxygen atoms in total. The van der Waals surface area contributed by atoms with Crippen LogP contribution >= 0.6 is 102 Å². The van der Waals surface area contributed by atoms with Crippen molar-refractivity contribution in [3.63, 3.8) is 0 Å². The van der Waals surface area contributed by atoms with Gasteiger partial charge in [0, 0.05) is 67.0 Å². The minimum Gasteiger partial charge on any atom is -0.321 e. The summed E-state index contributed by atoms with van der Waals surface area (Å²) in [6.07, 6.45) is 0. The molecule has 30 heteroatoms. The first-order chi connectivity index (χ1) is 33.1. The van der Waals surface area contributed by atoms with E-state index in [0.717, 1.165) is 33.4 Å². The van der Waals surface area contributed by atoms with E-state index in [1.165, 1.54) is 0 Å². The molecule has 6 heterocycles. The Kier molecular flexibility index (Phi) is 22.1. The Morgan fingerprint density at radius 1 is 0.250 bits per heavy atom. The van der Waals surface area contributed by atoms with Gasteiger partial charge in [-0.2, -0.15) is 0 Å². The minimum absolute atomic E-state index is 0.164. The highest BCUT2D eigenvalue weighted by atomic mass is 32.9. The molecule has 1 aromatic carbocycles. The summed E-state index contributed by atoms with van der Waals surface area (Å²) in [6, 6.07) is 0. The molecule has 0 spiro atoms. The zero-order valence-electron chi connectivity index (χ0n) is 43.2. The zero-order chi connectivity index (χ0) is 52.9. The van der Waals surface area contributed by atoms with Gasteiger partial charge in [0.05, 0.1) is 79.3 Å². The van der Waals surface area contributed by atoms with Crippen LogP contribution < -0.4 is 0 Å². The fourth-order valence-corrected chi connectivity index (χ4v) is 32.7. The maximum Gasteiger partial charge on any atom is 0.247 e. The van der Waals surface area contributed by atoms with E-state index < -0.39 is 34.2 Å². The molecule has 0 atom stereocenters. The molecule has 414 valence electrons. The Bertz CT molecular complexity index is 1950. The minimum atomic E-state index is -2.81. The standard InChI is InChI=1S/C42H72O12P6S12/c1-37(2)19-43-55(61,44-20-37)67-13-31-32(14-68-56(62)45-21-38(3,4)22-46-56)34(16-70-58(64)49-25-40(7,8)26-50-58)36(18-72-60(66)53-29-42(11,12)30-54-60)35(17-71-59(65)51-27-41(9,10)28-52-59)33(31)15-69-57(63)47-23-39(5,6)24-48-57/h13-30H2,1-12H3. The van der Waals surface area contributed by atoms with Crippen LogP contribution in [0.3, 0.4) is 0 Å². The van der Waals surface area contributed by atoms with E-state index >= 15 is 0 Å². The molecule has 0 N–H and O–H groups in total. The first-order valence-electron chi connectivity index (χ1n) is 23.4. The second-order valence-corrected chi connectivity index (χ2v) is 61.3. The SMILES string of the molecule is CC1(C)COP(=S)(SCc2c(CSP3(=S)OCC(C)(C)CO3)c(CSP3(=S)OCC(C)(C)CO3)c(CSP3(=S)OCC(C)(C)CO3)c(CSP3(=S)OCC(C)(C)CO3)c2CSP2(=S)OCC(C)(C)CO2)OC1. The molecule has 7 rings (SSSR count). The summed E-state index contributed by atoms with van der Waals surface area (Å²) in [5.41, 5.74) is -11.4. The Morgan fingerprint density at radius 2 is 0.347 bits per heavy atom. The third-order valence-electron chi connectivity index (χ3n) is 11.7. The van der Waals surface area contributed by atoms with Gasteiger partial charge in [0.15, 0.2) is 0 Å². The van der Waals surface area contributed by atoms with Gasteiger partial charge in [-0.05, 0) is 104 Å². The summed E-state index contributed by atoms with van der Waals surface area (Å²) in [4.78, 5) is 0. The molecular weight excluding hydrogens is 1270 g/mol. The maximum absolute atomic E-state index is 6.51. The van der Waals surface area contributed by atoms with Gasteiger partial charge in [0.2, 0.25) is 34.2 Å². The summed E-state index contributed by atoms with van der Waals surface area (Å²) < 4.78 is 78.2. The highest BCUT2D eigenvalue weighted by Crippen LogP contribution is 2.72. The van der Waals surface area contributed by atoms with Crippen molar-refractivity contribution in [2.75, 3.05) is 79.3 Å². The number of hydrogen-bond acceptors (Lipinski definition) is 24. The van der Waals surface area contributed by atoms with Gasteiger partial charge in [-0.25, -0.2) is 0 Å². The van der Waals surface area contributed by atoms with Crippen LogP contribution in [0.1, 0.15) is 116 Å². The third kappa shape index (κ3) is 18.4. The van der Waals surface area contributed by atoms with Crippen molar-refractivity contribution in [3.8, 4) is 0 Å². The summed E-state index contributed by atoms with van der Waals surface area (Å²) in [7, 11) is 0. The molecule has 6 fully saturated rings. The van der Waals surface area contributed by atoms with Gasteiger partial charge in [0.1, 0.15) is 0 Å². The van der Waals surface area contributed by atoms with Crippen molar-refractivity contribution >= 4 is 173 Å². The third-order valence-corrected chi connectivity index (χ3v) is 42.8. The lowest BCUT2D eigenvalue weighted by atomic mass is 9.90. The lowest BCUT2D eigenvalue weighted by Gasteiger charge is -2.38. The van der Waals surface area contributed by atoms with Crippen molar-refractivity contribution in [2.45, 2.75) is 118 Å². The Morgan fingerprint density at radius 3 is 0.444 bits per heavy atom.